The SMILES string of the molecule is CC(C)CNC(=O)C(C)OC1CCCC(N)C1. The van der Waals surface area contributed by atoms with Gasteiger partial charge in [-0.2, -0.15) is 0 Å². The Morgan fingerprint density at radius 2 is 2.12 bits per heavy atom. The molecule has 1 saturated carbocycles. The fourth-order valence-electron chi connectivity index (χ4n) is 2.10. The van der Waals surface area contributed by atoms with Crippen molar-refractivity contribution in [3.05, 3.63) is 0 Å². The molecule has 3 unspecified atom stereocenters. The Morgan fingerprint density at radius 1 is 1.41 bits per heavy atom. The molecule has 3 atom stereocenters. The van der Waals surface area contributed by atoms with Crippen molar-refractivity contribution in [2.24, 2.45) is 11.7 Å². The summed E-state index contributed by atoms with van der Waals surface area (Å²) in [6.45, 7) is 6.67. The maximum Gasteiger partial charge on any atom is 0.248 e. The zero-order valence-electron chi connectivity index (χ0n) is 11.2. The van der Waals surface area contributed by atoms with Crippen molar-refractivity contribution in [3.8, 4) is 0 Å². The summed E-state index contributed by atoms with van der Waals surface area (Å²) in [5, 5.41) is 2.89. The maximum atomic E-state index is 11.7. The first-order valence-electron chi connectivity index (χ1n) is 6.67. The number of amides is 1. The molecule has 0 spiro atoms. The van der Waals surface area contributed by atoms with E-state index in [4.69, 9.17) is 10.5 Å². The number of hydrogen-bond donors (Lipinski definition) is 2. The number of carbonyl (C=O) groups is 1. The molecule has 0 aromatic heterocycles. The average molecular weight is 242 g/mol. The lowest BCUT2D eigenvalue weighted by atomic mass is 9.93. The third kappa shape index (κ3) is 5.50. The van der Waals surface area contributed by atoms with E-state index in [1.165, 1.54) is 0 Å². The van der Waals surface area contributed by atoms with Gasteiger partial charge in [-0.3, -0.25) is 4.79 Å². The van der Waals surface area contributed by atoms with Crippen LogP contribution in [0.25, 0.3) is 0 Å². The van der Waals surface area contributed by atoms with Crippen molar-refractivity contribution < 1.29 is 9.53 Å². The van der Waals surface area contributed by atoms with Crippen molar-refractivity contribution >= 4 is 5.91 Å². The standard InChI is InChI=1S/C13H26N2O2/c1-9(2)8-15-13(16)10(3)17-12-6-4-5-11(14)7-12/h9-12H,4-8,14H2,1-3H3,(H,15,16). The molecule has 1 amide bonds. The van der Waals surface area contributed by atoms with Crippen LogP contribution in [0.1, 0.15) is 46.5 Å². The topological polar surface area (TPSA) is 64.3 Å². The number of nitrogens with two attached hydrogens (primary N) is 1. The molecule has 4 heteroatoms. The van der Waals surface area contributed by atoms with Gasteiger partial charge in [-0.15, -0.1) is 0 Å². The first-order valence-corrected chi connectivity index (χ1v) is 6.67. The predicted molar refractivity (Wildman–Crippen MR) is 68.6 cm³/mol. The molecule has 17 heavy (non-hydrogen) atoms. The van der Waals surface area contributed by atoms with Crippen LogP contribution in [0.5, 0.6) is 0 Å². The molecular formula is C13H26N2O2. The molecular weight excluding hydrogens is 216 g/mol. The number of hydrogen-bond acceptors (Lipinski definition) is 3. The average Bonchev–Trinajstić information content (AvgIpc) is 2.25. The molecule has 0 saturated heterocycles. The summed E-state index contributed by atoms with van der Waals surface area (Å²) in [6, 6.07) is 0.236. The third-order valence-electron chi connectivity index (χ3n) is 3.12. The molecule has 1 aliphatic carbocycles. The molecule has 100 valence electrons. The van der Waals surface area contributed by atoms with Gasteiger partial charge < -0.3 is 15.8 Å². The Hall–Kier alpha value is -0.610. The van der Waals surface area contributed by atoms with Crippen LogP contribution in [0.2, 0.25) is 0 Å². The lowest BCUT2D eigenvalue weighted by molar-refractivity contribution is -0.136. The van der Waals surface area contributed by atoms with Crippen LogP contribution in [0.15, 0.2) is 0 Å². The van der Waals surface area contributed by atoms with Crippen LogP contribution in [-0.4, -0.2) is 30.7 Å². The third-order valence-corrected chi connectivity index (χ3v) is 3.12. The Kier molecular flexibility index (Phi) is 5.92. The number of carbonyl (C=O) groups excluding carboxylic acids is 1. The van der Waals surface area contributed by atoms with Gasteiger partial charge in [0.2, 0.25) is 5.91 Å². The summed E-state index contributed by atoms with van der Waals surface area (Å²) in [6.07, 6.45) is 3.86. The zero-order chi connectivity index (χ0) is 12.8. The van der Waals surface area contributed by atoms with Crippen molar-refractivity contribution in [3.63, 3.8) is 0 Å². The quantitative estimate of drug-likeness (QED) is 0.766. The van der Waals surface area contributed by atoms with E-state index in [1.54, 1.807) is 0 Å². The highest BCUT2D eigenvalue weighted by Gasteiger charge is 2.24. The molecule has 4 nitrogen and oxygen atoms in total. The van der Waals surface area contributed by atoms with Gasteiger partial charge >= 0.3 is 0 Å². The van der Waals surface area contributed by atoms with E-state index >= 15 is 0 Å². The van der Waals surface area contributed by atoms with Crippen molar-refractivity contribution in [1.29, 1.82) is 0 Å². The van der Waals surface area contributed by atoms with Crippen molar-refractivity contribution in [1.82, 2.24) is 5.32 Å². The van der Waals surface area contributed by atoms with E-state index in [-0.39, 0.29) is 24.2 Å². The van der Waals surface area contributed by atoms with E-state index in [0.29, 0.717) is 12.5 Å². The fraction of sp³-hybridized carbons (Fsp3) is 0.923. The highest BCUT2D eigenvalue weighted by molar-refractivity contribution is 5.80. The van der Waals surface area contributed by atoms with Gasteiger partial charge in [-0.1, -0.05) is 13.8 Å². The fourth-order valence-corrected chi connectivity index (χ4v) is 2.10. The second-order valence-electron chi connectivity index (χ2n) is 5.47. The minimum Gasteiger partial charge on any atom is -0.365 e. The first kappa shape index (κ1) is 14.5. The molecule has 0 aromatic carbocycles. The Balaban J connectivity index is 2.27. The lowest BCUT2D eigenvalue weighted by Crippen LogP contribution is -2.41. The molecule has 0 radical (unpaired) electrons. The van der Waals surface area contributed by atoms with Gasteiger partial charge in [-0.25, -0.2) is 0 Å². The van der Waals surface area contributed by atoms with Crippen LogP contribution in [0.3, 0.4) is 0 Å². The van der Waals surface area contributed by atoms with Crippen molar-refractivity contribution in [2.45, 2.75) is 64.7 Å². The number of nitrogens with one attached hydrogen (secondary N) is 1. The maximum absolute atomic E-state index is 11.7. The van der Waals surface area contributed by atoms with Crippen LogP contribution < -0.4 is 11.1 Å². The molecule has 0 aliphatic heterocycles. The second-order valence-corrected chi connectivity index (χ2v) is 5.47. The molecule has 1 aliphatic rings. The lowest BCUT2D eigenvalue weighted by Gasteiger charge is -2.28. The summed E-state index contributed by atoms with van der Waals surface area (Å²) in [7, 11) is 0. The Labute approximate surface area is 104 Å². The normalized spacial score (nSPS) is 26.9. The van der Waals surface area contributed by atoms with Gasteiger partial charge in [0, 0.05) is 12.6 Å². The molecule has 3 N–H and O–H groups in total. The van der Waals surface area contributed by atoms with Gasteiger partial charge in [0.1, 0.15) is 6.10 Å². The minimum absolute atomic E-state index is 0.0159. The summed E-state index contributed by atoms with van der Waals surface area (Å²) < 4.78 is 5.76. The van der Waals surface area contributed by atoms with Crippen LogP contribution in [-0.2, 0) is 9.53 Å². The monoisotopic (exact) mass is 242 g/mol. The Morgan fingerprint density at radius 3 is 2.71 bits per heavy atom. The largest absolute Gasteiger partial charge is 0.365 e. The summed E-state index contributed by atoms with van der Waals surface area (Å²) in [5.74, 6) is 0.451. The van der Waals surface area contributed by atoms with Gasteiger partial charge in [-0.05, 0) is 38.5 Å². The highest BCUT2D eigenvalue weighted by Crippen LogP contribution is 2.20. The van der Waals surface area contributed by atoms with Crippen LogP contribution in [0.4, 0.5) is 0 Å². The minimum atomic E-state index is -0.371. The molecule has 0 aromatic rings. The molecule has 0 heterocycles. The van der Waals surface area contributed by atoms with Gasteiger partial charge in [0.15, 0.2) is 0 Å². The van der Waals surface area contributed by atoms with Gasteiger partial charge in [0.05, 0.1) is 6.10 Å². The van der Waals surface area contributed by atoms with E-state index < -0.39 is 0 Å². The van der Waals surface area contributed by atoms with E-state index in [2.05, 4.69) is 19.2 Å². The Bertz CT molecular complexity index is 244. The van der Waals surface area contributed by atoms with Crippen LogP contribution in [0, 0.1) is 5.92 Å². The van der Waals surface area contributed by atoms with E-state index in [1.807, 2.05) is 6.92 Å². The molecule has 1 fully saturated rings. The van der Waals surface area contributed by atoms with E-state index in [0.717, 1.165) is 25.7 Å². The number of ether oxygens (including phenoxy) is 1. The number of rotatable bonds is 5. The molecule has 1 rings (SSSR count). The highest BCUT2D eigenvalue weighted by atomic mass is 16.5. The first-order chi connectivity index (χ1) is 7.99. The van der Waals surface area contributed by atoms with Crippen LogP contribution >= 0.6 is 0 Å². The predicted octanol–water partition coefficient (Wildman–Crippen LogP) is 1.43. The van der Waals surface area contributed by atoms with E-state index in [9.17, 15) is 4.79 Å². The summed E-state index contributed by atoms with van der Waals surface area (Å²) in [5.41, 5.74) is 5.89. The van der Waals surface area contributed by atoms with Gasteiger partial charge in [0.25, 0.3) is 0 Å². The summed E-state index contributed by atoms with van der Waals surface area (Å²) >= 11 is 0. The second kappa shape index (κ2) is 6.97. The molecule has 0 bridgehead atoms. The van der Waals surface area contributed by atoms with Crippen molar-refractivity contribution in [2.75, 3.05) is 6.54 Å². The smallest absolute Gasteiger partial charge is 0.248 e. The summed E-state index contributed by atoms with van der Waals surface area (Å²) in [4.78, 5) is 11.7. The zero-order valence-corrected chi connectivity index (χ0v) is 11.2.